The van der Waals surface area contributed by atoms with Crippen molar-refractivity contribution >= 4 is 5.97 Å². The summed E-state index contributed by atoms with van der Waals surface area (Å²) in [5, 5.41) is 13.0. The molecule has 2 aromatic rings. The fourth-order valence-electron chi connectivity index (χ4n) is 1.29. The number of aromatic carboxylic acids is 1. The van der Waals surface area contributed by atoms with Gasteiger partial charge in [0.1, 0.15) is 0 Å². The third-order valence-electron chi connectivity index (χ3n) is 1.99. The van der Waals surface area contributed by atoms with Crippen LogP contribution in [0.5, 0.6) is 0 Å². The van der Waals surface area contributed by atoms with Crippen LogP contribution >= 0.6 is 0 Å². The molecule has 0 amide bonds. The molecule has 76 valence electrons. The maximum Gasteiger partial charge on any atom is 0.338 e. The first-order valence-corrected chi connectivity index (χ1v) is 4.37. The monoisotopic (exact) mass is 203 g/mol. The van der Waals surface area contributed by atoms with Crippen LogP contribution < -0.4 is 0 Å². The molecule has 0 aliphatic carbocycles. The fourth-order valence-corrected chi connectivity index (χ4v) is 1.29. The molecule has 2 rings (SSSR count). The first kappa shape index (κ1) is 9.39. The summed E-state index contributed by atoms with van der Waals surface area (Å²) in [6.45, 7) is 1.89. The molecule has 0 radical (unpaired) electrons. The molecule has 1 N–H and O–H groups in total. The number of carboxylic acids is 1. The summed E-state index contributed by atoms with van der Waals surface area (Å²) in [6, 6.07) is 1.45. The first-order valence-electron chi connectivity index (χ1n) is 4.37. The van der Waals surface area contributed by atoms with Crippen LogP contribution in [0.15, 0.2) is 30.9 Å². The lowest BCUT2D eigenvalue weighted by atomic mass is 10.2. The lowest BCUT2D eigenvalue weighted by molar-refractivity contribution is 0.0696. The van der Waals surface area contributed by atoms with Crippen LogP contribution in [0, 0.1) is 6.92 Å². The molecule has 0 bridgehead atoms. The minimum atomic E-state index is -0.986. The van der Waals surface area contributed by atoms with Gasteiger partial charge in [0.05, 0.1) is 23.6 Å². The maximum absolute atomic E-state index is 10.9. The molecular formula is C10H9N3O2. The van der Waals surface area contributed by atoms with Crippen molar-refractivity contribution in [3.8, 4) is 5.69 Å². The molecule has 5 heteroatoms. The molecule has 5 nitrogen and oxygen atoms in total. The molecule has 0 saturated heterocycles. The highest BCUT2D eigenvalue weighted by Crippen LogP contribution is 2.12. The van der Waals surface area contributed by atoms with Gasteiger partial charge in [-0.15, -0.1) is 0 Å². The second-order valence-corrected chi connectivity index (χ2v) is 3.16. The minimum absolute atomic E-state index is 0.188. The topological polar surface area (TPSA) is 68.0 Å². The normalized spacial score (nSPS) is 10.2. The van der Waals surface area contributed by atoms with Gasteiger partial charge in [-0.1, -0.05) is 0 Å². The van der Waals surface area contributed by atoms with E-state index in [1.54, 1.807) is 12.4 Å². The van der Waals surface area contributed by atoms with E-state index in [-0.39, 0.29) is 5.56 Å². The molecule has 0 saturated carbocycles. The third-order valence-corrected chi connectivity index (χ3v) is 1.99. The highest BCUT2D eigenvalue weighted by Gasteiger charge is 2.11. The maximum atomic E-state index is 10.9. The van der Waals surface area contributed by atoms with Crippen molar-refractivity contribution in [2.45, 2.75) is 6.92 Å². The number of nitrogens with zero attached hydrogens (tertiary/aromatic N) is 3. The zero-order valence-electron chi connectivity index (χ0n) is 8.08. The van der Waals surface area contributed by atoms with Crippen molar-refractivity contribution in [2.75, 3.05) is 0 Å². The predicted octanol–water partition coefficient (Wildman–Crippen LogP) is 1.27. The number of carboxylic acid groups (broad SMARTS) is 1. The second-order valence-electron chi connectivity index (χ2n) is 3.16. The van der Waals surface area contributed by atoms with E-state index in [0.717, 1.165) is 5.56 Å². The Labute approximate surface area is 86.0 Å². The van der Waals surface area contributed by atoms with E-state index in [4.69, 9.17) is 5.11 Å². The third kappa shape index (κ3) is 1.71. The van der Waals surface area contributed by atoms with E-state index in [1.807, 2.05) is 6.92 Å². The van der Waals surface area contributed by atoms with Gasteiger partial charge in [-0.2, -0.15) is 5.10 Å². The van der Waals surface area contributed by atoms with Crippen molar-refractivity contribution in [1.29, 1.82) is 0 Å². The number of aryl methyl sites for hydroxylation is 1. The van der Waals surface area contributed by atoms with E-state index in [1.165, 1.54) is 23.1 Å². The zero-order valence-corrected chi connectivity index (χ0v) is 8.08. The molecule has 0 aliphatic rings. The van der Waals surface area contributed by atoms with Gasteiger partial charge in [-0.25, -0.2) is 9.48 Å². The summed E-state index contributed by atoms with van der Waals surface area (Å²) >= 11 is 0. The highest BCUT2D eigenvalue weighted by atomic mass is 16.4. The lowest BCUT2D eigenvalue weighted by Gasteiger charge is -2.03. The van der Waals surface area contributed by atoms with Crippen molar-refractivity contribution in [3.63, 3.8) is 0 Å². The average molecular weight is 203 g/mol. The number of hydrogen-bond donors (Lipinski definition) is 1. The molecular weight excluding hydrogens is 194 g/mol. The number of carbonyl (C=O) groups is 1. The Hall–Kier alpha value is -2.17. The van der Waals surface area contributed by atoms with Gasteiger partial charge < -0.3 is 5.11 Å². The largest absolute Gasteiger partial charge is 0.478 e. The van der Waals surface area contributed by atoms with Crippen molar-refractivity contribution in [1.82, 2.24) is 14.8 Å². The molecule has 0 aliphatic heterocycles. The molecule has 0 spiro atoms. The van der Waals surface area contributed by atoms with Gasteiger partial charge in [0.2, 0.25) is 0 Å². The Morgan fingerprint density at radius 3 is 2.87 bits per heavy atom. The Morgan fingerprint density at radius 2 is 2.27 bits per heavy atom. The summed E-state index contributed by atoms with van der Waals surface area (Å²) < 4.78 is 1.51. The fraction of sp³-hybridized carbons (Fsp3) is 0.100. The molecule has 0 unspecified atom stereocenters. The van der Waals surface area contributed by atoms with Crippen LogP contribution in [0.25, 0.3) is 5.69 Å². The van der Waals surface area contributed by atoms with E-state index in [9.17, 15) is 4.79 Å². The number of aromatic nitrogens is 3. The highest BCUT2D eigenvalue weighted by molar-refractivity contribution is 5.91. The summed E-state index contributed by atoms with van der Waals surface area (Å²) in [4.78, 5) is 14.8. The molecule has 0 fully saturated rings. The van der Waals surface area contributed by atoms with Gasteiger partial charge in [0, 0.05) is 12.4 Å². The van der Waals surface area contributed by atoms with Crippen LogP contribution in [-0.2, 0) is 0 Å². The summed E-state index contributed by atoms with van der Waals surface area (Å²) in [7, 11) is 0. The Bertz CT molecular complexity index is 505. The Morgan fingerprint density at radius 1 is 1.47 bits per heavy atom. The number of hydrogen-bond acceptors (Lipinski definition) is 3. The molecule has 15 heavy (non-hydrogen) atoms. The van der Waals surface area contributed by atoms with Crippen molar-refractivity contribution in [2.24, 2.45) is 0 Å². The number of pyridine rings is 1. The molecule has 2 heterocycles. The molecule has 2 aromatic heterocycles. The van der Waals surface area contributed by atoms with Crippen LogP contribution in [-0.4, -0.2) is 25.8 Å². The van der Waals surface area contributed by atoms with Crippen LogP contribution in [0.2, 0.25) is 0 Å². The standard InChI is InChI=1S/C10H9N3O2/c1-7-4-12-13(6-7)9-5-11-3-2-8(9)10(14)15/h2-6H,1H3,(H,14,15). The Kier molecular flexibility index (Phi) is 2.21. The zero-order chi connectivity index (χ0) is 10.8. The summed E-state index contributed by atoms with van der Waals surface area (Å²) in [5.74, 6) is -0.986. The lowest BCUT2D eigenvalue weighted by Crippen LogP contribution is -2.06. The summed E-state index contributed by atoms with van der Waals surface area (Å²) in [6.07, 6.45) is 6.35. The van der Waals surface area contributed by atoms with E-state index >= 15 is 0 Å². The smallest absolute Gasteiger partial charge is 0.338 e. The van der Waals surface area contributed by atoms with Gasteiger partial charge in [0.25, 0.3) is 0 Å². The van der Waals surface area contributed by atoms with Crippen LogP contribution in [0.3, 0.4) is 0 Å². The first-order chi connectivity index (χ1) is 7.18. The van der Waals surface area contributed by atoms with Crippen molar-refractivity contribution in [3.05, 3.63) is 42.0 Å². The van der Waals surface area contributed by atoms with Gasteiger partial charge >= 0.3 is 5.97 Å². The summed E-state index contributed by atoms with van der Waals surface area (Å²) in [5.41, 5.74) is 1.63. The quantitative estimate of drug-likeness (QED) is 0.798. The molecule has 0 aromatic carbocycles. The van der Waals surface area contributed by atoms with Crippen LogP contribution in [0.1, 0.15) is 15.9 Å². The number of rotatable bonds is 2. The van der Waals surface area contributed by atoms with Crippen molar-refractivity contribution < 1.29 is 9.90 Å². The molecule has 0 atom stereocenters. The Balaban J connectivity index is 2.57. The SMILES string of the molecule is Cc1cnn(-c2cnccc2C(=O)O)c1. The minimum Gasteiger partial charge on any atom is -0.478 e. The van der Waals surface area contributed by atoms with Gasteiger partial charge in [0.15, 0.2) is 0 Å². The van der Waals surface area contributed by atoms with E-state index < -0.39 is 5.97 Å². The van der Waals surface area contributed by atoms with Gasteiger partial charge in [-0.05, 0) is 18.6 Å². The second kappa shape index (κ2) is 3.53. The van der Waals surface area contributed by atoms with Crippen LogP contribution in [0.4, 0.5) is 0 Å². The van der Waals surface area contributed by atoms with E-state index in [2.05, 4.69) is 10.1 Å². The predicted molar refractivity (Wildman–Crippen MR) is 53.1 cm³/mol. The van der Waals surface area contributed by atoms with Gasteiger partial charge in [-0.3, -0.25) is 4.98 Å². The average Bonchev–Trinajstić information content (AvgIpc) is 2.65. The van der Waals surface area contributed by atoms with E-state index in [0.29, 0.717) is 5.69 Å².